The quantitative estimate of drug-likeness (QED) is 0.631. The highest BCUT2D eigenvalue weighted by Crippen LogP contribution is 2.48. The molecule has 0 saturated carbocycles. The molecule has 0 aliphatic carbocycles. The second-order valence-corrected chi connectivity index (χ2v) is 7.85. The summed E-state index contributed by atoms with van der Waals surface area (Å²) in [6.07, 6.45) is 3.28. The van der Waals surface area contributed by atoms with Crippen molar-refractivity contribution >= 4 is 5.91 Å². The molecule has 1 aromatic heterocycles. The molecule has 3 heterocycles. The van der Waals surface area contributed by atoms with E-state index in [0.717, 1.165) is 22.6 Å². The lowest BCUT2D eigenvalue weighted by Crippen LogP contribution is -2.48. The normalized spacial score (nSPS) is 16.6. The Bertz CT molecular complexity index is 1120. The van der Waals surface area contributed by atoms with Crippen molar-refractivity contribution in [3.05, 3.63) is 65.9 Å². The zero-order chi connectivity index (χ0) is 21.6. The van der Waals surface area contributed by atoms with Crippen LogP contribution in [-0.2, 0) is 12.6 Å². The lowest BCUT2D eigenvalue weighted by molar-refractivity contribution is -0.0498. The lowest BCUT2D eigenvalue weighted by atomic mass is 9.81. The van der Waals surface area contributed by atoms with Crippen molar-refractivity contribution in [3.8, 4) is 22.8 Å². The van der Waals surface area contributed by atoms with Crippen LogP contribution in [0, 0.1) is 0 Å². The van der Waals surface area contributed by atoms with Gasteiger partial charge in [0.05, 0.1) is 0 Å². The summed E-state index contributed by atoms with van der Waals surface area (Å²) < 4.78 is 37.3. The zero-order valence-electron chi connectivity index (χ0n) is 16.9. The predicted octanol–water partition coefficient (Wildman–Crippen LogP) is 4.21. The van der Waals surface area contributed by atoms with Gasteiger partial charge < -0.3 is 14.4 Å². The number of likely N-dealkylation sites (tertiary alicyclic amines) is 1. The van der Waals surface area contributed by atoms with Crippen molar-refractivity contribution in [3.63, 3.8) is 0 Å². The molecule has 1 fully saturated rings. The third kappa shape index (κ3) is 3.41. The molecule has 1 amide bonds. The molecular weight excluding hydrogens is 404 g/mol. The Labute approximate surface area is 178 Å². The number of hydrogen-bond acceptors (Lipinski definition) is 4. The standard InChI is InChI=1S/C23H21F2N3O3/c1-27-14-18-20(26-27)17-4-2-3-5-19(17)31-23(18)10-12-28(13-11-23)21(29)15-6-8-16(9-7-15)30-22(24)25/h2-9,14,22H,10-13H2,1H3. The van der Waals surface area contributed by atoms with Crippen LogP contribution in [0.25, 0.3) is 11.3 Å². The van der Waals surface area contributed by atoms with E-state index in [-0.39, 0.29) is 11.7 Å². The Morgan fingerprint density at radius 1 is 1.13 bits per heavy atom. The first kappa shape index (κ1) is 19.5. The Balaban J connectivity index is 1.35. The number of benzene rings is 2. The summed E-state index contributed by atoms with van der Waals surface area (Å²) in [5.41, 5.74) is 2.87. The van der Waals surface area contributed by atoms with Gasteiger partial charge >= 0.3 is 6.61 Å². The molecule has 0 N–H and O–H groups in total. The average molecular weight is 425 g/mol. The van der Waals surface area contributed by atoms with Crippen LogP contribution in [-0.4, -0.2) is 40.3 Å². The van der Waals surface area contributed by atoms with Gasteiger partial charge in [-0.15, -0.1) is 0 Å². The third-order valence-corrected chi connectivity index (χ3v) is 5.95. The maximum Gasteiger partial charge on any atom is 0.387 e. The van der Waals surface area contributed by atoms with E-state index in [0.29, 0.717) is 31.5 Å². The molecular formula is C23H21F2N3O3. The van der Waals surface area contributed by atoms with Crippen LogP contribution in [0.3, 0.4) is 0 Å². The minimum absolute atomic E-state index is 0.0301. The summed E-state index contributed by atoms with van der Waals surface area (Å²) in [7, 11) is 1.90. The first-order valence-corrected chi connectivity index (χ1v) is 10.1. The van der Waals surface area contributed by atoms with Crippen LogP contribution in [0.5, 0.6) is 11.5 Å². The van der Waals surface area contributed by atoms with Gasteiger partial charge in [0, 0.05) is 55.9 Å². The highest BCUT2D eigenvalue weighted by molar-refractivity contribution is 5.94. The van der Waals surface area contributed by atoms with Crippen LogP contribution in [0.15, 0.2) is 54.7 Å². The fourth-order valence-corrected chi connectivity index (χ4v) is 4.44. The second kappa shape index (κ2) is 7.37. The van der Waals surface area contributed by atoms with Gasteiger partial charge in [-0.1, -0.05) is 12.1 Å². The van der Waals surface area contributed by atoms with Gasteiger partial charge in [0.1, 0.15) is 22.8 Å². The van der Waals surface area contributed by atoms with Crippen LogP contribution in [0.4, 0.5) is 8.78 Å². The Morgan fingerprint density at radius 3 is 2.55 bits per heavy atom. The van der Waals surface area contributed by atoms with Gasteiger partial charge in [0.2, 0.25) is 0 Å². The molecule has 0 bridgehead atoms. The number of hydrogen-bond donors (Lipinski definition) is 0. The van der Waals surface area contributed by atoms with Crippen LogP contribution < -0.4 is 9.47 Å². The number of para-hydroxylation sites is 1. The van der Waals surface area contributed by atoms with Crippen molar-refractivity contribution in [2.24, 2.45) is 7.05 Å². The molecule has 3 aromatic rings. The highest BCUT2D eigenvalue weighted by atomic mass is 19.3. The summed E-state index contributed by atoms with van der Waals surface area (Å²) in [5.74, 6) is 0.701. The number of aromatic nitrogens is 2. The lowest BCUT2D eigenvalue weighted by Gasteiger charge is -2.44. The number of carbonyl (C=O) groups is 1. The summed E-state index contributed by atoms with van der Waals surface area (Å²) in [4.78, 5) is 14.7. The Morgan fingerprint density at radius 2 is 1.84 bits per heavy atom. The first-order valence-electron chi connectivity index (χ1n) is 10.1. The number of nitrogens with zero attached hydrogens (tertiary/aromatic N) is 3. The van der Waals surface area contributed by atoms with Crippen molar-refractivity contribution in [1.29, 1.82) is 0 Å². The minimum atomic E-state index is -2.89. The molecule has 31 heavy (non-hydrogen) atoms. The summed E-state index contributed by atoms with van der Waals surface area (Å²) in [5, 5.41) is 4.66. The van der Waals surface area contributed by atoms with E-state index in [9.17, 15) is 13.6 Å². The molecule has 8 heteroatoms. The van der Waals surface area contributed by atoms with Gasteiger partial charge in [0.15, 0.2) is 0 Å². The maximum absolute atomic E-state index is 12.9. The van der Waals surface area contributed by atoms with Gasteiger partial charge in [-0.3, -0.25) is 9.48 Å². The molecule has 0 radical (unpaired) electrons. The monoisotopic (exact) mass is 425 g/mol. The number of carbonyl (C=O) groups excluding carboxylic acids is 1. The molecule has 2 aliphatic rings. The number of amides is 1. The second-order valence-electron chi connectivity index (χ2n) is 7.85. The Hall–Kier alpha value is -3.42. The predicted molar refractivity (Wildman–Crippen MR) is 109 cm³/mol. The smallest absolute Gasteiger partial charge is 0.387 e. The number of fused-ring (bicyclic) bond motifs is 4. The van der Waals surface area contributed by atoms with Crippen LogP contribution in [0.2, 0.25) is 0 Å². The summed E-state index contributed by atoms with van der Waals surface area (Å²) >= 11 is 0. The number of halogens is 2. The van der Waals surface area contributed by atoms with E-state index < -0.39 is 12.2 Å². The molecule has 1 saturated heterocycles. The molecule has 5 rings (SSSR count). The van der Waals surface area contributed by atoms with Crippen molar-refractivity contribution in [2.75, 3.05) is 13.1 Å². The van der Waals surface area contributed by atoms with E-state index >= 15 is 0 Å². The summed E-state index contributed by atoms with van der Waals surface area (Å²) in [6.45, 7) is -1.85. The highest BCUT2D eigenvalue weighted by Gasteiger charge is 2.45. The minimum Gasteiger partial charge on any atom is -0.482 e. The molecule has 2 aromatic carbocycles. The van der Waals surface area contributed by atoms with Crippen molar-refractivity contribution in [2.45, 2.75) is 25.1 Å². The summed E-state index contributed by atoms with van der Waals surface area (Å²) in [6, 6.07) is 13.7. The van der Waals surface area contributed by atoms with Crippen LogP contribution >= 0.6 is 0 Å². The molecule has 0 unspecified atom stereocenters. The number of alkyl halides is 2. The van der Waals surface area contributed by atoms with Gasteiger partial charge in [-0.2, -0.15) is 13.9 Å². The first-order chi connectivity index (χ1) is 14.9. The molecule has 0 atom stereocenters. The molecule has 160 valence electrons. The maximum atomic E-state index is 12.9. The Kier molecular flexibility index (Phi) is 4.64. The molecule has 6 nitrogen and oxygen atoms in total. The van der Waals surface area contributed by atoms with Crippen LogP contribution in [0.1, 0.15) is 28.8 Å². The number of rotatable bonds is 3. The van der Waals surface area contributed by atoms with E-state index in [4.69, 9.17) is 4.74 Å². The largest absolute Gasteiger partial charge is 0.482 e. The van der Waals surface area contributed by atoms with Gasteiger partial charge in [0.25, 0.3) is 5.91 Å². The van der Waals surface area contributed by atoms with E-state index in [1.54, 1.807) is 9.58 Å². The number of piperidine rings is 1. The number of aryl methyl sites for hydroxylation is 1. The van der Waals surface area contributed by atoms with Crippen molar-refractivity contribution in [1.82, 2.24) is 14.7 Å². The van der Waals surface area contributed by atoms with E-state index in [2.05, 4.69) is 9.84 Å². The zero-order valence-corrected chi connectivity index (χ0v) is 16.9. The van der Waals surface area contributed by atoms with E-state index in [1.165, 1.54) is 24.3 Å². The van der Waals surface area contributed by atoms with Gasteiger partial charge in [-0.25, -0.2) is 0 Å². The SMILES string of the molecule is Cn1cc2c(n1)-c1ccccc1OC21CCN(C(=O)c2ccc(OC(F)F)cc2)CC1. The van der Waals surface area contributed by atoms with E-state index in [1.807, 2.05) is 37.5 Å². The molecule has 2 aliphatic heterocycles. The topological polar surface area (TPSA) is 56.6 Å². The van der Waals surface area contributed by atoms with Crippen molar-refractivity contribution < 1.29 is 23.0 Å². The molecule has 1 spiro atoms. The third-order valence-electron chi connectivity index (χ3n) is 5.95. The van der Waals surface area contributed by atoms with Gasteiger partial charge in [-0.05, 0) is 36.4 Å². The number of ether oxygens (including phenoxy) is 2. The fraction of sp³-hybridized carbons (Fsp3) is 0.304. The fourth-order valence-electron chi connectivity index (χ4n) is 4.44. The average Bonchev–Trinajstić information content (AvgIpc) is 3.17.